The molecule has 1 aromatic heterocycles. The standard InChI is InChI=1S/C9H17N3OS2/c1-4-9(5-2,15-3)6-12-7(13)10-11-8(12)14/h4-6H2,1-3H3,(H,10,13)(H,11,14). The molecule has 6 heteroatoms. The minimum Gasteiger partial charge on any atom is -0.272 e. The molecule has 0 aromatic carbocycles. The van der Waals surface area contributed by atoms with Gasteiger partial charge >= 0.3 is 5.69 Å². The first-order valence-electron chi connectivity index (χ1n) is 5.01. The van der Waals surface area contributed by atoms with Gasteiger partial charge in [0, 0.05) is 11.3 Å². The summed E-state index contributed by atoms with van der Waals surface area (Å²) in [7, 11) is 0. The number of hydrogen-bond acceptors (Lipinski definition) is 3. The van der Waals surface area contributed by atoms with Crippen molar-refractivity contribution in [3.63, 3.8) is 0 Å². The first kappa shape index (κ1) is 12.6. The van der Waals surface area contributed by atoms with Crippen molar-refractivity contribution in [2.75, 3.05) is 6.26 Å². The third-order valence-corrected chi connectivity index (χ3v) is 4.83. The monoisotopic (exact) mass is 247 g/mol. The quantitative estimate of drug-likeness (QED) is 0.784. The molecule has 86 valence electrons. The van der Waals surface area contributed by atoms with Crippen LogP contribution in [0.15, 0.2) is 4.79 Å². The van der Waals surface area contributed by atoms with Crippen molar-refractivity contribution in [3.8, 4) is 0 Å². The Balaban J connectivity index is 3.03. The van der Waals surface area contributed by atoms with Crippen LogP contribution in [0.4, 0.5) is 0 Å². The van der Waals surface area contributed by atoms with Gasteiger partial charge in [0.05, 0.1) is 0 Å². The van der Waals surface area contributed by atoms with E-state index in [1.807, 2.05) is 0 Å². The Morgan fingerprint density at radius 3 is 2.33 bits per heavy atom. The summed E-state index contributed by atoms with van der Waals surface area (Å²) < 4.78 is 2.17. The summed E-state index contributed by atoms with van der Waals surface area (Å²) in [4.78, 5) is 11.5. The van der Waals surface area contributed by atoms with E-state index >= 15 is 0 Å². The number of hydrogen-bond donors (Lipinski definition) is 2. The van der Waals surface area contributed by atoms with Gasteiger partial charge in [0.2, 0.25) is 0 Å². The molecule has 0 amide bonds. The van der Waals surface area contributed by atoms with E-state index in [9.17, 15) is 4.79 Å². The minimum absolute atomic E-state index is 0.105. The molecular weight excluding hydrogens is 230 g/mol. The predicted molar refractivity (Wildman–Crippen MR) is 67.1 cm³/mol. The summed E-state index contributed by atoms with van der Waals surface area (Å²) in [5, 5.41) is 5.16. The number of rotatable bonds is 5. The number of H-pyrrole nitrogens is 2. The Kier molecular flexibility index (Phi) is 4.21. The lowest BCUT2D eigenvalue weighted by Crippen LogP contribution is -2.33. The number of aromatic nitrogens is 3. The fourth-order valence-electron chi connectivity index (χ4n) is 1.59. The van der Waals surface area contributed by atoms with Crippen molar-refractivity contribution in [2.24, 2.45) is 0 Å². The van der Waals surface area contributed by atoms with Crippen molar-refractivity contribution in [2.45, 2.75) is 38.0 Å². The van der Waals surface area contributed by atoms with E-state index in [0.717, 1.165) is 12.8 Å². The molecule has 0 aliphatic heterocycles. The summed E-state index contributed by atoms with van der Waals surface area (Å²) in [6, 6.07) is 0. The van der Waals surface area contributed by atoms with Crippen molar-refractivity contribution < 1.29 is 0 Å². The molecule has 0 bridgehead atoms. The van der Waals surface area contributed by atoms with E-state index in [1.165, 1.54) is 0 Å². The number of nitrogens with zero attached hydrogens (tertiary/aromatic N) is 1. The molecule has 1 heterocycles. The van der Waals surface area contributed by atoms with E-state index < -0.39 is 0 Å². The first-order chi connectivity index (χ1) is 7.08. The maximum atomic E-state index is 11.5. The summed E-state index contributed by atoms with van der Waals surface area (Å²) in [5.74, 6) is 0. The maximum Gasteiger partial charge on any atom is 0.342 e. The molecule has 0 aliphatic rings. The lowest BCUT2D eigenvalue weighted by molar-refractivity contribution is 0.456. The second-order valence-corrected chi connectivity index (χ2v) is 5.20. The first-order valence-corrected chi connectivity index (χ1v) is 6.64. The van der Waals surface area contributed by atoms with E-state index in [0.29, 0.717) is 11.3 Å². The molecule has 15 heavy (non-hydrogen) atoms. The fraction of sp³-hybridized carbons (Fsp3) is 0.778. The van der Waals surface area contributed by atoms with Gasteiger partial charge in [0.15, 0.2) is 4.77 Å². The minimum atomic E-state index is -0.152. The highest BCUT2D eigenvalue weighted by molar-refractivity contribution is 8.00. The van der Waals surface area contributed by atoms with Crippen LogP contribution < -0.4 is 5.69 Å². The SMILES string of the molecule is CCC(CC)(Cn1c(=O)[nH][nH]c1=S)SC. The van der Waals surface area contributed by atoms with Crippen LogP contribution in [-0.4, -0.2) is 25.8 Å². The van der Waals surface area contributed by atoms with E-state index in [1.54, 1.807) is 16.3 Å². The molecule has 0 unspecified atom stereocenters. The molecule has 0 spiro atoms. The lowest BCUT2D eigenvalue weighted by atomic mass is 10.0. The van der Waals surface area contributed by atoms with E-state index in [2.05, 4.69) is 30.3 Å². The Hall–Kier alpha value is -0.490. The van der Waals surface area contributed by atoms with Gasteiger partial charge in [0.25, 0.3) is 0 Å². The van der Waals surface area contributed by atoms with Gasteiger partial charge in [-0.25, -0.2) is 9.89 Å². The van der Waals surface area contributed by atoms with Crippen molar-refractivity contribution in [3.05, 3.63) is 15.3 Å². The van der Waals surface area contributed by atoms with Crippen LogP contribution in [0.2, 0.25) is 0 Å². The lowest BCUT2D eigenvalue weighted by Gasteiger charge is -2.29. The fourth-order valence-corrected chi connectivity index (χ4v) is 2.63. The van der Waals surface area contributed by atoms with E-state index in [-0.39, 0.29) is 10.4 Å². The average molecular weight is 247 g/mol. The topological polar surface area (TPSA) is 53.6 Å². The van der Waals surface area contributed by atoms with Crippen LogP contribution in [0.5, 0.6) is 0 Å². The second kappa shape index (κ2) is 5.03. The normalized spacial score (nSPS) is 11.9. The highest BCUT2D eigenvalue weighted by atomic mass is 32.2. The molecule has 0 saturated carbocycles. The second-order valence-electron chi connectivity index (χ2n) is 3.54. The molecule has 0 aliphatic carbocycles. The van der Waals surface area contributed by atoms with Gasteiger partial charge in [-0.05, 0) is 31.3 Å². The zero-order valence-corrected chi connectivity index (χ0v) is 10.9. The van der Waals surface area contributed by atoms with Crippen LogP contribution in [0.3, 0.4) is 0 Å². The molecule has 4 nitrogen and oxygen atoms in total. The third kappa shape index (κ3) is 2.55. The summed E-state index contributed by atoms with van der Waals surface area (Å²) in [5.41, 5.74) is -0.152. The molecule has 0 saturated heterocycles. The van der Waals surface area contributed by atoms with Crippen LogP contribution >= 0.6 is 24.0 Å². The zero-order chi connectivity index (χ0) is 11.5. The molecule has 0 fully saturated rings. The summed E-state index contributed by atoms with van der Waals surface area (Å²) in [6.07, 6.45) is 4.13. The Bertz CT molecular complexity index is 378. The Morgan fingerprint density at radius 1 is 1.40 bits per heavy atom. The van der Waals surface area contributed by atoms with Crippen molar-refractivity contribution in [1.29, 1.82) is 0 Å². The summed E-state index contributed by atoms with van der Waals surface area (Å²) in [6.45, 7) is 4.95. The molecular formula is C9H17N3OS2. The van der Waals surface area contributed by atoms with Gasteiger partial charge in [-0.2, -0.15) is 11.8 Å². The van der Waals surface area contributed by atoms with Gasteiger partial charge < -0.3 is 0 Å². The zero-order valence-electron chi connectivity index (χ0n) is 9.29. The van der Waals surface area contributed by atoms with Crippen molar-refractivity contribution in [1.82, 2.24) is 14.8 Å². The molecule has 1 aromatic rings. The van der Waals surface area contributed by atoms with Crippen LogP contribution in [-0.2, 0) is 6.54 Å². The molecule has 0 atom stereocenters. The maximum absolute atomic E-state index is 11.5. The van der Waals surface area contributed by atoms with Gasteiger partial charge in [-0.15, -0.1) is 0 Å². The van der Waals surface area contributed by atoms with Crippen LogP contribution in [0.25, 0.3) is 0 Å². The van der Waals surface area contributed by atoms with Crippen LogP contribution in [0, 0.1) is 4.77 Å². The Labute approximate surface area is 98.5 Å². The highest BCUT2D eigenvalue weighted by Gasteiger charge is 2.26. The Morgan fingerprint density at radius 2 is 2.00 bits per heavy atom. The molecule has 2 N–H and O–H groups in total. The van der Waals surface area contributed by atoms with Crippen LogP contribution in [0.1, 0.15) is 26.7 Å². The highest BCUT2D eigenvalue weighted by Crippen LogP contribution is 2.31. The third-order valence-electron chi connectivity index (χ3n) is 2.93. The van der Waals surface area contributed by atoms with Crippen molar-refractivity contribution >= 4 is 24.0 Å². The van der Waals surface area contributed by atoms with Gasteiger partial charge in [-0.1, -0.05) is 13.8 Å². The molecule has 1 rings (SSSR count). The van der Waals surface area contributed by atoms with Gasteiger partial charge in [-0.3, -0.25) is 9.67 Å². The largest absolute Gasteiger partial charge is 0.342 e. The number of aromatic amines is 2. The summed E-state index contributed by atoms with van der Waals surface area (Å²) >= 11 is 6.85. The number of nitrogens with one attached hydrogen (secondary N) is 2. The average Bonchev–Trinajstić information content (AvgIpc) is 2.57. The van der Waals surface area contributed by atoms with Gasteiger partial charge in [0.1, 0.15) is 0 Å². The smallest absolute Gasteiger partial charge is 0.272 e. The van der Waals surface area contributed by atoms with E-state index in [4.69, 9.17) is 12.2 Å². The predicted octanol–water partition coefficient (Wildman–Crippen LogP) is 2.16. The number of thioether (sulfide) groups is 1. The molecule has 0 radical (unpaired) electrons.